The molecule has 0 saturated heterocycles. The van der Waals surface area contributed by atoms with Crippen LogP contribution in [0.25, 0.3) is 0 Å². The number of benzene rings is 1. The fourth-order valence-corrected chi connectivity index (χ4v) is 3.43. The number of Topliss-reactive ketones (excluding diaryl/α,β-unsaturated/α-hetero) is 1. The lowest BCUT2D eigenvalue weighted by Crippen LogP contribution is -2.42. The van der Waals surface area contributed by atoms with E-state index in [9.17, 15) is 4.79 Å². The Hall–Kier alpha value is -1.51. The first kappa shape index (κ1) is 13.5. The zero-order chi connectivity index (χ0) is 14.0. The molecule has 0 bridgehead atoms. The highest BCUT2D eigenvalue weighted by Crippen LogP contribution is 2.41. The van der Waals surface area contributed by atoms with Crippen molar-refractivity contribution >= 4 is 5.78 Å². The second-order valence-corrected chi connectivity index (χ2v) is 6.01. The number of hydrogen-bond donors (Lipinski definition) is 0. The minimum atomic E-state index is -0.267. The first-order chi connectivity index (χ1) is 9.72. The molecule has 1 heterocycles. The number of fused-ring (bicyclic) bond motifs is 1. The van der Waals surface area contributed by atoms with Gasteiger partial charge < -0.3 is 9.47 Å². The Morgan fingerprint density at radius 1 is 1.10 bits per heavy atom. The molecule has 0 amide bonds. The second kappa shape index (κ2) is 5.47. The lowest BCUT2D eigenvalue weighted by atomic mass is 9.80. The topological polar surface area (TPSA) is 35.5 Å². The largest absolute Gasteiger partial charge is 0.497 e. The monoisotopic (exact) mass is 274 g/mol. The molecule has 1 aliphatic heterocycles. The van der Waals surface area contributed by atoms with E-state index in [4.69, 9.17) is 9.47 Å². The van der Waals surface area contributed by atoms with E-state index in [1.807, 2.05) is 18.2 Å². The fourth-order valence-electron chi connectivity index (χ4n) is 3.43. The number of carbonyl (C=O) groups excluding carboxylic acids is 1. The maximum atomic E-state index is 12.4. The summed E-state index contributed by atoms with van der Waals surface area (Å²) in [6.07, 6.45) is 8.67. The van der Waals surface area contributed by atoms with Gasteiger partial charge in [0, 0.05) is 6.07 Å². The van der Waals surface area contributed by atoms with Crippen LogP contribution in [0, 0.1) is 0 Å². The summed E-state index contributed by atoms with van der Waals surface area (Å²) in [6, 6.07) is 5.51. The fraction of sp³-hybridized carbons (Fsp3) is 0.588. The molecule has 1 aliphatic carbocycles. The molecule has 0 atom stereocenters. The van der Waals surface area contributed by atoms with E-state index in [1.165, 1.54) is 19.3 Å². The van der Waals surface area contributed by atoms with E-state index >= 15 is 0 Å². The normalized spacial score (nSPS) is 21.6. The van der Waals surface area contributed by atoms with Crippen LogP contribution in [0.4, 0.5) is 0 Å². The molecule has 1 aromatic rings. The van der Waals surface area contributed by atoms with Crippen molar-refractivity contribution in [3.63, 3.8) is 0 Å². The Morgan fingerprint density at radius 3 is 2.50 bits per heavy atom. The molecule has 2 aliphatic rings. The molecule has 1 saturated carbocycles. The highest BCUT2D eigenvalue weighted by Gasteiger charge is 2.40. The smallest absolute Gasteiger partial charge is 0.170 e. The number of carbonyl (C=O) groups is 1. The zero-order valence-electron chi connectivity index (χ0n) is 12.1. The molecule has 0 N–H and O–H groups in total. The van der Waals surface area contributed by atoms with Crippen molar-refractivity contribution in [1.82, 2.24) is 0 Å². The molecule has 0 aromatic heterocycles. The molecule has 0 radical (unpaired) electrons. The van der Waals surface area contributed by atoms with Crippen molar-refractivity contribution in [1.29, 1.82) is 0 Å². The van der Waals surface area contributed by atoms with E-state index in [1.54, 1.807) is 7.11 Å². The van der Waals surface area contributed by atoms with Crippen LogP contribution in [-0.2, 0) is 0 Å². The Balaban J connectivity index is 1.90. The summed E-state index contributed by atoms with van der Waals surface area (Å²) < 4.78 is 11.6. The van der Waals surface area contributed by atoms with Crippen molar-refractivity contribution in [2.24, 2.45) is 0 Å². The molecule has 20 heavy (non-hydrogen) atoms. The third-order valence-electron chi connectivity index (χ3n) is 4.56. The van der Waals surface area contributed by atoms with Gasteiger partial charge >= 0.3 is 0 Å². The highest BCUT2D eigenvalue weighted by molar-refractivity contribution is 6.00. The number of rotatable bonds is 1. The third kappa shape index (κ3) is 2.54. The van der Waals surface area contributed by atoms with Crippen LogP contribution in [0.5, 0.6) is 11.5 Å². The summed E-state index contributed by atoms with van der Waals surface area (Å²) in [6.45, 7) is 0. The number of ether oxygens (including phenoxy) is 2. The van der Waals surface area contributed by atoms with Crippen LogP contribution in [-0.4, -0.2) is 18.5 Å². The quantitative estimate of drug-likeness (QED) is 0.772. The first-order valence-electron chi connectivity index (χ1n) is 7.63. The van der Waals surface area contributed by atoms with E-state index in [0.29, 0.717) is 17.7 Å². The van der Waals surface area contributed by atoms with Crippen molar-refractivity contribution in [2.45, 2.75) is 57.0 Å². The summed E-state index contributed by atoms with van der Waals surface area (Å²) >= 11 is 0. The SMILES string of the molecule is COc1ccc2c(c1)OC1(CCCCCCC1)CC2=O. The molecular formula is C17H22O3. The van der Waals surface area contributed by atoms with Crippen LogP contribution in [0.3, 0.4) is 0 Å². The predicted molar refractivity (Wildman–Crippen MR) is 77.6 cm³/mol. The summed E-state index contributed by atoms with van der Waals surface area (Å²) in [5.74, 6) is 1.68. The lowest BCUT2D eigenvalue weighted by Gasteiger charge is -2.39. The molecule has 0 unspecified atom stereocenters. The van der Waals surface area contributed by atoms with Crippen LogP contribution >= 0.6 is 0 Å². The highest BCUT2D eigenvalue weighted by atomic mass is 16.5. The zero-order valence-corrected chi connectivity index (χ0v) is 12.1. The van der Waals surface area contributed by atoms with Gasteiger partial charge in [0.1, 0.15) is 17.1 Å². The van der Waals surface area contributed by atoms with Crippen molar-refractivity contribution in [3.8, 4) is 11.5 Å². The lowest BCUT2D eigenvalue weighted by molar-refractivity contribution is 0.0214. The minimum absolute atomic E-state index is 0.217. The van der Waals surface area contributed by atoms with Crippen LogP contribution in [0.1, 0.15) is 61.7 Å². The Labute approximate surface area is 120 Å². The van der Waals surface area contributed by atoms with Crippen molar-refractivity contribution in [2.75, 3.05) is 7.11 Å². The Morgan fingerprint density at radius 2 is 1.80 bits per heavy atom. The van der Waals surface area contributed by atoms with Gasteiger partial charge in [-0.1, -0.05) is 19.3 Å². The van der Waals surface area contributed by atoms with E-state index in [0.717, 1.165) is 31.4 Å². The number of ketones is 1. The van der Waals surface area contributed by atoms with Gasteiger partial charge in [0.2, 0.25) is 0 Å². The average Bonchev–Trinajstić information content (AvgIpc) is 2.43. The van der Waals surface area contributed by atoms with E-state index in [-0.39, 0.29) is 11.4 Å². The van der Waals surface area contributed by atoms with Gasteiger partial charge in [-0.25, -0.2) is 0 Å². The molecule has 1 aromatic carbocycles. The Bertz CT molecular complexity index is 499. The molecule has 3 rings (SSSR count). The van der Waals surface area contributed by atoms with Gasteiger partial charge in [-0.2, -0.15) is 0 Å². The summed E-state index contributed by atoms with van der Waals surface area (Å²) in [4.78, 5) is 12.4. The summed E-state index contributed by atoms with van der Waals surface area (Å²) in [7, 11) is 1.64. The summed E-state index contributed by atoms with van der Waals surface area (Å²) in [5, 5.41) is 0. The third-order valence-corrected chi connectivity index (χ3v) is 4.56. The number of methoxy groups -OCH3 is 1. The van der Waals surface area contributed by atoms with Gasteiger partial charge in [0.25, 0.3) is 0 Å². The van der Waals surface area contributed by atoms with E-state index in [2.05, 4.69) is 0 Å². The van der Waals surface area contributed by atoms with Crippen LogP contribution in [0.15, 0.2) is 18.2 Å². The van der Waals surface area contributed by atoms with Gasteiger partial charge in [-0.15, -0.1) is 0 Å². The first-order valence-corrected chi connectivity index (χ1v) is 7.63. The molecule has 1 spiro atoms. The van der Waals surface area contributed by atoms with Gasteiger partial charge in [-0.05, 0) is 37.8 Å². The molecular weight excluding hydrogens is 252 g/mol. The Kier molecular flexibility index (Phi) is 3.68. The van der Waals surface area contributed by atoms with Crippen molar-refractivity contribution in [3.05, 3.63) is 23.8 Å². The van der Waals surface area contributed by atoms with E-state index < -0.39 is 0 Å². The molecule has 3 heteroatoms. The minimum Gasteiger partial charge on any atom is -0.497 e. The standard InChI is InChI=1S/C17H22O3/c1-19-13-7-8-14-15(18)12-17(20-16(14)11-13)9-5-3-2-4-6-10-17/h7-8,11H,2-6,9-10,12H2,1H3. The predicted octanol–water partition coefficient (Wildman–Crippen LogP) is 4.14. The second-order valence-electron chi connectivity index (χ2n) is 6.01. The molecule has 108 valence electrons. The molecule has 3 nitrogen and oxygen atoms in total. The van der Waals surface area contributed by atoms with Gasteiger partial charge in [-0.3, -0.25) is 4.79 Å². The van der Waals surface area contributed by atoms with Crippen LogP contribution < -0.4 is 9.47 Å². The van der Waals surface area contributed by atoms with Gasteiger partial charge in [0.05, 0.1) is 19.1 Å². The maximum Gasteiger partial charge on any atom is 0.170 e. The average molecular weight is 274 g/mol. The summed E-state index contributed by atoms with van der Waals surface area (Å²) in [5.41, 5.74) is 0.440. The maximum absolute atomic E-state index is 12.4. The number of hydrogen-bond acceptors (Lipinski definition) is 3. The van der Waals surface area contributed by atoms with Crippen LogP contribution in [0.2, 0.25) is 0 Å². The molecule has 1 fully saturated rings. The van der Waals surface area contributed by atoms with Crippen molar-refractivity contribution < 1.29 is 14.3 Å². The van der Waals surface area contributed by atoms with Gasteiger partial charge in [0.15, 0.2) is 5.78 Å².